The molecule has 0 aliphatic rings. The summed E-state index contributed by atoms with van der Waals surface area (Å²) in [5, 5.41) is 3.08. The first-order chi connectivity index (χ1) is 14.5. The molecule has 2 aromatic rings. The zero-order valence-corrected chi connectivity index (χ0v) is 22.6. The number of unbranched alkanes of at least 4 members (excludes halogenated alkanes) is 4. The quantitative estimate of drug-likeness (QED) is 0.177. The van der Waals surface area contributed by atoms with E-state index < -0.39 is 0 Å². The summed E-state index contributed by atoms with van der Waals surface area (Å²) in [6.45, 7) is 14.4. The van der Waals surface area contributed by atoms with Crippen LogP contribution in [0.2, 0.25) is 0 Å². The van der Waals surface area contributed by atoms with Crippen LogP contribution >= 0.6 is 27.7 Å². The number of ketones is 1. The van der Waals surface area contributed by atoms with Crippen LogP contribution in [0.25, 0.3) is 10.9 Å². The number of hydrogen-bond acceptors (Lipinski definition) is 3. The molecular weight excluding hydrogens is 470 g/mol. The summed E-state index contributed by atoms with van der Waals surface area (Å²) >= 11 is 5.13. The lowest BCUT2D eigenvalue weighted by atomic mass is 9.88. The van der Waals surface area contributed by atoms with E-state index in [9.17, 15) is 4.79 Å². The minimum atomic E-state index is 0.161. The van der Waals surface area contributed by atoms with E-state index in [-0.39, 0.29) is 10.2 Å². The fourth-order valence-corrected chi connectivity index (χ4v) is 4.97. The zero-order valence-electron chi connectivity index (χ0n) is 20.2. The van der Waals surface area contributed by atoms with Crippen LogP contribution in [0.5, 0.6) is 5.75 Å². The fourth-order valence-electron chi connectivity index (χ4n) is 3.61. The summed E-state index contributed by atoms with van der Waals surface area (Å²) in [5.41, 5.74) is 2.83. The standard InChI is InChI=1S/C26H40BrNO2S/c1-25(2,3)17-22-21-14-13-20(16-23(21)28-24(22)31-26(4,5)6)30-15-11-9-7-8-10-12-19(29)18-27/h13-14,16,28H,7-12,15,17-18H2,1-6H3. The Hall–Kier alpha value is -0.940. The van der Waals surface area contributed by atoms with Gasteiger partial charge < -0.3 is 9.72 Å². The predicted molar refractivity (Wildman–Crippen MR) is 139 cm³/mol. The van der Waals surface area contributed by atoms with Crippen molar-refractivity contribution in [3.8, 4) is 5.75 Å². The fraction of sp³-hybridized carbons (Fsp3) is 0.654. The van der Waals surface area contributed by atoms with E-state index in [1.54, 1.807) is 0 Å². The lowest BCUT2D eigenvalue weighted by Crippen LogP contribution is -2.12. The maximum Gasteiger partial charge on any atom is 0.143 e. The van der Waals surface area contributed by atoms with Gasteiger partial charge in [-0.1, -0.05) is 76.7 Å². The summed E-state index contributed by atoms with van der Waals surface area (Å²) < 4.78 is 6.20. The number of benzene rings is 1. The number of carbonyl (C=O) groups is 1. The number of aromatic nitrogens is 1. The molecule has 0 atom stereocenters. The monoisotopic (exact) mass is 509 g/mol. The summed E-state index contributed by atoms with van der Waals surface area (Å²) in [4.78, 5) is 15.0. The summed E-state index contributed by atoms with van der Waals surface area (Å²) in [6.07, 6.45) is 7.24. The van der Waals surface area contributed by atoms with Crippen LogP contribution in [0.3, 0.4) is 0 Å². The minimum Gasteiger partial charge on any atom is -0.494 e. The topological polar surface area (TPSA) is 42.1 Å². The molecule has 0 saturated heterocycles. The summed E-state index contributed by atoms with van der Waals surface area (Å²) in [7, 11) is 0. The molecule has 0 bridgehead atoms. The average Bonchev–Trinajstić information content (AvgIpc) is 2.96. The van der Waals surface area contributed by atoms with Gasteiger partial charge in [-0.3, -0.25) is 4.79 Å². The molecule has 1 aromatic carbocycles. The van der Waals surface area contributed by atoms with E-state index in [1.807, 2.05) is 11.8 Å². The van der Waals surface area contributed by atoms with Gasteiger partial charge in [0.05, 0.1) is 22.5 Å². The summed E-state index contributed by atoms with van der Waals surface area (Å²) in [5.74, 6) is 1.24. The molecule has 0 amide bonds. The maximum atomic E-state index is 11.3. The Bertz CT molecular complexity index is 845. The van der Waals surface area contributed by atoms with Crippen molar-refractivity contribution in [2.75, 3.05) is 11.9 Å². The third-order valence-corrected chi connectivity index (χ3v) is 6.76. The Balaban J connectivity index is 1.94. The molecule has 5 heteroatoms. The van der Waals surface area contributed by atoms with Gasteiger partial charge in [0.15, 0.2) is 0 Å². The Morgan fingerprint density at radius 3 is 2.35 bits per heavy atom. The molecule has 3 nitrogen and oxygen atoms in total. The van der Waals surface area contributed by atoms with Crippen LogP contribution in [0.1, 0.15) is 85.6 Å². The number of thioether (sulfide) groups is 1. The van der Waals surface area contributed by atoms with Gasteiger partial charge in [0.2, 0.25) is 0 Å². The minimum absolute atomic E-state index is 0.161. The molecule has 1 aromatic heterocycles. The van der Waals surface area contributed by atoms with Gasteiger partial charge in [0, 0.05) is 22.6 Å². The largest absolute Gasteiger partial charge is 0.494 e. The van der Waals surface area contributed by atoms with Gasteiger partial charge in [-0.15, -0.1) is 11.8 Å². The normalized spacial score (nSPS) is 12.5. The van der Waals surface area contributed by atoms with Gasteiger partial charge >= 0.3 is 0 Å². The maximum absolute atomic E-state index is 11.3. The average molecular weight is 511 g/mol. The molecule has 31 heavy (non-hydrogen) atoms. The molecule has 174 valence electrons. The smallest absolute Gasteiger partial charge is 0.143 e. The predicted octanol–water partition coefficient (Wildman–Crippen LogP) is 8.33. The Morgan fingerprint density at radius 2 is 1.71 bits per heavy atom. The van der Waals surface area contributed by atoms with Crippen molar-refractivity contribution >= 4 is 44.4 Å². The van der Waals surface area contributed by atoms with E-state index in [1.165, 1.54) is 21.5 Å². The third kappa shape index (κ3) is 9.61. The van der Waals surface area contributed by atoms with E-state index in [0.717, 1.165) is 50.9 Å². The second-order valence-corrected chi connectivity index (χ2v) is 13.0. The van der Waals surface area contributed by atoms with Crippen molar-refractivity contribution in [3.05, 3.63) is 23.8 Å². The van der Waals surface area contributed by atoms with E-state index in [4.69, 9.17) is 4.74 Å². The highest BCUT2D eigenvalue weighted by molar-refractivity contribution is 9.09. The number of nitrogens with one attached hydrogen (secondary N) is 1. The first-order valence-corrected chi connectivity index (χ1v) is 13.5. The second kappa shape index (κ2) is 11.8. The number of ether oxygens (including phenoxy) is 1. The first kappa shape index (κ1) is 26.3. The number of carbonyl (C=O) groups excluding carboxylic acids is 1. The number of Topliss-reactive ketones (excluding diaryl/α,β-unsaturated/α-hetero) is 1. The molecule has 1 heterocycles. The van der Waals surface area contributed by atoms with Gasteiger partial charge in [0.1, 0.15) is 11.5 Å². The molecule has 0 saturated carbocycles. The van der Waals surface area contributed by atoms with Crippen molar-refractivity contribution < 1.29 is 9.53 Å². The molecule has 0 spiro atoms. The lowest BCUT2D eigenvalue weighted by Gasteiger charge is -2.22. The SMILES string of the molecule is CC(C)(C)Cc1c(SC(C)(C)C)[nH]c2cc(OCCCCCCCC(=O)CBr)ccc12. The number of hydrogen-bond donors (Lipinski definition) is 1. The molecule has 0 unspecified atom stereocenters. The molecule has 0 fully saturated rings. The number of fused-ring (bicyclic) bond motifs is 1. The van der Waals surface area contributed by atoms with Crippen LogP contribution in [-0.2, 0) is 11.2 Å². The highest BCUT2D eigenvalue weighted by Gasteiger charge is 2.23. The van der Waals surface area contributed by atoms with Gasteiger partial charge in [-0.05, 0) is 42.4 Å². The summed E-state index contributed by atoms with van der Waals surface area (Å²) in [6, 6.07) is 6.48. The van der Waals surface area contributed by atoms with E-state index in [0.29, 0.717) is 17.5 Å². The Kier molecular flexibility index (Phi) is 10.0. The molecular formula is C26H40BrNO2S. The molecule has 1 N–H and O–H groups in total. The van der Waals surface area contributed by atoms with Crippen LogP contribution in [-0.4, -0.2) is 27.5 Å². The van der Waals surface area contributed by atoms with Gasteiger partial charge in [-0.2, -0.15) is 0 Å². The molecule has 0 aliphatic carbocycles. The van der Waals surface area contributed by atoms with E-state index in [2.05, 4.69) is 80.7 Å². The highest BCUT2D eigenvalue weighted by atomic mass is 79.9. The Labute approximate surface area is 201 Å². The van der Waals surface area contributed by atoms with Gasteiger partial charge in [-0.25, -0.2) is 0 Å². The Morgan fingerprint density at radius 1 is 1.03 bits per heavy atom. The third-order valence-electron chi connectivity index (χ3n) is 4.97. The lowest BCUT2D eigenvalue weighted by molar-refractivity contribution is -0.116. The van der Waals surface area contributed by atoms with Crippen molar-refractivity contribution in [1.82, 2.24) is 4.98 Å². The van der Waals surface area contributed by atoms with Crippen molar-refractivity contribution in [1.29, 1.82) is 0 Å². The number of H-pyrrole nitrogens is 1. The zero-order chi connectivity index (χ0) is 23.1. The van der Waals surface area contributed by atoms with Crippen molar-refractivity contribution in [2.24, 2.45) is 5.41 Å². The molecule has 2 rings (SSSR count). The van der Waals surface area contributed by atoms with Crippen LogP contribution < -0.4 is 4.74 Å². The number of rotatable bonds is 12. The number of aromatic amines is 1. The number of halogens is 1. The van der Waals surface area contributed by atoms with E-state index >= 15 is 0 Å². The first-order valence-electron chi connectivity index (χ1n) is 11.5. The van der Waals surface area contributed by atoms with Gasteiger partial charge in [0.25, 0.3) is 0 Å². The number of alkyl halides is 1. The molecule has 0 aliphatic heterocycles. The van der Waals surface area contributed by atoms with Crippen LogP contribution in [0.15, 0.2) is 23.2 Å². The highest BCUT2D eigenvalue weighted by Crippen LogP contribution is 2.40. The second-order valence-electron chi connectivity index (χ2n) is 10.6. The van der Waals surface area contributed by atoms with Crippen LogP contribution in [0, 0.1) is 5.41 Å². The van der Waals surface area contributed by atoms with Crippen molar-refractivity contribution in [3.63, 3.8) is 0 Å². The van der Waals surface area contributed by atoms with Crippen LogP contribution in [0.4, 0.5) is 0 Å². The van der Waals surface area contributed by atoms with Crippen molar-refractivity contribution in [2.45, 2.75) is 96.3 Å². The molecule has 0 radical (unpaired) electrons.